The van der Waals surface area contributed by atoms with Gasteiger partial charge < -0.3 is 14.6 Å². The third-order valence-corrected chi connectivity index (χ3v) is 8.53. The van der Waals surface area contributed by atoms with Crippen molar-refractivity contribution >= 4 is 48.2 Å². The first-order chi connectivity index (χ1) is 16.9. The number of rotatable bonds is 4. The van der Waals surface area contributed by atoms with Crippen LogP contribution in [0.25, 0.3) is 43.1 Å². The van der Waals surface area contributed by atoms with Crippen molar-refractivity contribution in [2.75, 3.05) is 37.5 Å². The lowest BCUT2D eigenvalue weighted by Crippen LogP contribution is -2.36. The Labute approximate surface area is 205 Å². The Morgan fingerprint density at radius 2 is 1.91 bits per heavy atom. The molecule has 0 saturated carbocycles. The van der Waals surface area contributed by atoms with Crippen LogP contribution in [0.1, 0.15) is 5.56 Å². The molecule has 9 nitrogen and oxygen atoms in total. The summed E-state index contributed by atoms with van der Waals surface area (Å²) in [5, 5.41) is 0.991. The van der Waals surface area contributed by atoms with Gasteiger partial charge in [-0.25, -0.2) is 23.4 Å². The predicted molar refractivity (Wildman–Crippen MR) is 137 cm³/mol. The number of morpholine rings is 1. The average Bonchev–Trinajstić information content (AvgIpc) is 3.47. The molecule has 1 aliphatic heterocycles. The Balaban J connectivity index is 1.57. The van der Waals surface area contributed by atoms with E-state index in [1.54, 1.807) is 29.8 Å². The van der Waals surface area contributed by atoms with Crippen LogP contribution in [0.4, 0.5) is 5.82 Å². The SMILES string of the molecule is Cc1c(-c2cncc(S(C)(=O)=O)c2)sc2c(N3CCOCC3)nc(-c3cnc4[nH]ccc4c3)nc12. The molecular formula is C24H22N6O3S2. The molecule has 1 aliphatic rings. The molecule has 0 unspecified atom stereocenters. The van der Waals surface area contributed by atoms with Crippen LogP contribution in [0.15, 0.2) is 47.9 Å². The zero-order valence-corrected chi connectivity index (χ0v) is 20.8. The highest BCUT2D eigenvalue weighted by Crippen LogP contribution is 2.42. The Morgan fingerprint density at radius 3 is 2.71 bits per heavy atom. The van der Waals surface area contributed by atoms with E-state index in [1.807, 2.05) is 25.3 Å². The lowest BCUT2D eigenvalue weighted by atomic mass is 10.1. The molecule has 6 rings (SSSR count). The maximum Gasteiger partial charge on any atom is 0.177 e. The van der Waals surface area contributed by atoms with E-state index in [4.69, 9.17) is 14.7 Å². The van der Waals surface area contributed by atoms with Gasteiger partial charge in [0.25, 0.3) is 0 Å². The number of hydrogen-bond acceptors (Lipinski definition) is 9. The maximum absolute atomic E-state index is 12.1. The van der Waals surface area contributed by atoms with Crippen molar-refractivity contribution in [2.24, 2.45) is 0 Å². The summed E-state index contributed by atoms with van der Waals surface area (Å²) >= 11 is 1.56. The summed E-state index contributed by atoms with van der Waals surface area (Å²) in [6.07, 6.45) is 7.90. The van der Waals surface area contributed by atoms with Gasteiger partial charge in [-0.2, -0.15) is 0 Å². The molecule has 1 fully saturated rings. The molecule has 0 aliphatic carbocycles. The lowest BCUT2D eigenvalue weighted by Gasteiger charge is -2.28. The van der Waals surface area contributed by atoms with Gasteiger partial charge in [-0.15, -0.1) is 11.3 Å². The Hall–Kier alpha value is -3.41. The second-order valence-corrected chi connectivity index (χ2v) is 11.6. The fraction of sp³-hybridized carbons (Fsp3) is 0.250. The number of nitrogens with one attached hydrogen (secondary N) is 1. The summed E-state index contributed by atoms with van der Waals surface area (Å²) in [6.45, 7) is 4.75. The number of nitrogens with zero attached hydrogens (tertiary/aromatic N) is 5. The third kappa shape index (κ3) is 3.95. The fourth-order valence-corrected chi connectivity index (χ4v) is 6.11. The maximum atomic E-state index is 12.1. The van der Waals surface area contributed by atoms with E-state index < -0.39 is 9.84 Å². The Kier molecular flexibility index (Phi) is 5.28. The van der Waals surface area contributed by atoms with Crippen molar-refractivity contribution in [2.45, 2.75) is 11.8 Å². The average molecular weight is 507 g/mol. The highest BCUT2D eigenvalue weighted by Gasteiger charge is 2.23. The third-order valence-electron chi connectivity index (χ3n) is 6.12. The lowest BCUT2D eigenvalue weighted by molar-refractivity contribution is 0.122. The van der Waals surface area contributed by atoms with Gasteiger partial charge in [0.15, 0.2) is 21.5 Å². The minimum Gasteiger partial charge on any atom is -0.378 e. The number of thiophene rings is 1. The van der Waals surface area contributed by atoms with Gasteiger partial charge in [-0.3, -0.25) is 4.98 Å². The Morgan fingerprint density at radius 1 is 1.09 bits per heavy atom. The van der Waals surface area contributed by atoms with E-state index in [-0.39, 0.29) is 4.90 Å². The molecule has 35 heavy (non-hydrogen) atoms. The molecule has 11 heteroatoms. The molecule has 6 heterocycles. The molecule has 0 amide bonds. The normalized spacial score (nSPS) is 14.7. The van der Waals surface area contributed by atoms with Gasteiger partial charge >= 0.3 is 0 Å². The molecule has 0 aromatic carbocycles. The first-order valence-corrected chi connectivity index (χ1v) is 13.8. The van der Waals surface area contributed by atoms with Crippen molar-refractivity contribution in [3.05, 3.63) is 48.5 Å². The van der Waals surface area contributed by atoms with Crippen molar-refractivity contribution in [3.63, 3.8) is 0 Å². The molecule has 0 atom stereocenters. The molecule has 0 radical (unpaired) electrons. The van der Waals surface area contributed by atoms with E-state index in [0.717, 1.165) is 61.7 Å². The Bertz CT molecular complexity index is 1690. The predicted octanol–water partition coefficient (Wildman–Crippen LogP) is 3.85. The minimum atomic E-state index is -3.37. The highest BCUT2D eigenvalue weighted by molar-refractivity contribution is 7.90. The minimum absolute atomic E-state index is 0.193. The van der Waals surface area contributed by atoms with E-state index in [1.165, 1.54) is 12.5 Å². The van der Waals surface area contributed by atoms with Crippen LogP contribution in [0.2, 0.25) is 0 Å². The number of ether oxygens (including phenoxy) is 1. The number of aromatic amines is 1. The number of hydrogen-bond donors (Lipinski definition) is 1. The summed E-state index contributed by atoms with van der Waals surface area (Å²) < 4.78 is 30.8. The molecule has 5 aromatic rings. The van der Waals surface area contributed by atoms with Crippen LogP contribution in [-0.2, 0) is 14.6 Å². The number of fused-ring (bicyclic) bond motifs is 2. The summed E-state index contributed by atoms with van der Waals surface area (Å²) in [5.41, 5.74) is 4.21. The van der Waals surface area contributed by atoms with E-state index >= 15 is 0 Å². The summed E-state index contributed by atoms with van der Waals surface area (Å²) in [5.74, 6) is 1.46. The van der Waals surface area contributed by atoms with Crippen LogP contribution in [0, 0.1) is 6.92 Å². The second kappa shape index (κ2) is 8.36. The van der Waals surface area contributed by atoms with Gasteiger partial charge in [-0.05, 0) is 30.7 Å². The fourth-order valence-electron chi connectivity index (χ4n) is 4.27. The zero-order valence-electron chi connectivity index (χ0n) is 19.1. The van der Waals surface area contributed by atoms with Crippen molar-refractivity contribution in [1.29, 1.82) is 0 Å². The van der Waals surface area contributed by atoms with Crippen molar-refractivity contribution in [1.82, 2.24) is 24.9 Å². The quantitative estimate of drug-likeness (QED) is 0.391. The van der Waals surface area contributed by atoms with E-state index in [0.29, 0.717) is 19.0 Å². The number of aryl methyl sites for hydroxylation is 1. The number of sulfone groups is 1. The molecular weight excluding hydrogens is 484 g/mol. The molecule has 0 spiro atoms. The smallest absolute Gasteiger partial charge is 0.177 e. The van der Waals surface area contributed by atoms with Gasteiger partial charge in [0.1, 0.15) is 5.65 Å². The second-order valence-electron chi connectivity index (χ2n) is 8.53. The zero-order chi connectivity index (χ0) is 24.2. The van der Waals surface area contributed by atoms with E-state index in [2.05, 4.69) is 19.9 Å². The van der Waals surface area contributed by atoms with Gasteiger partial charge in [0.05, 0.1) is 28.3 Å². The van der Waals surface area contributed by atoms with Gasteiger partial charge in [-0.1, -0.05) is 0 Å². The molecule has 5 aromatic heterocycles. The number of H-pyrrole nitrogens is 1. The first-order valence-electron chi connectivity index (χ1n) is 11.1. The molecule has 0 bridgehead atoms. The standard InChI is InChI=1S/C24H22N6O3S2/c1-14-19-21(34-20(14)16-10-18(13-25-11-16)35(2,31)32)24(30-5-7-33-8-6-30)29-23(28-19)17-9-15-3-4-26-22(15)27-12-17/h3-4,9-13H,5-8H2,1-2H3,(H,26,27). The summed E-state index contributed by atoms with van der Waals surface area (Å²) in [6, 6.07) is 5.68. The number of pyridine rings is 2. The van der Waals surface area contributed by atoms with Crippen LogP contribution in [0.3, 0.4) is 0 Å². The largest absolute Gasteiger partial charge is 0.378 e. The molecule has 1 saturated heterocycles. The van der Waals surface area contributed by atoms with Crippen LogP contribution in [0.5, 0.6) is 0 Å². The number of anilines is 1. The highest BCUT2D eigenvalue weighted by atomic mass is 32.2. The van der Waals surface area contributed by atoms with Gasteiger partial charge in [0.2, 0.25) is 0 Å². The van der Waals surface area contributed by atoms with Crippen molar-refractivity contribution < 1.29 is 13.2 Å². The molecule has 1 N–H and O–H groups in total. The number of aromatic nitrogens is 5. The summed E-state index contributed by atoms with van der Waals surface area (Å²) in [7, 11) is -3.37. The first kappa shape index (κ1) is 22.1. The monoisotopic (exact) mass is 506 g/mol. The molecule has 178 valence electrons. The van der Waals surface area contributed by atoms with Crippen LogP contribution >= 0.6 is 11.3 Å². The van der Waals surface area contributed by atoms with Crippen LogP contribution in [-0.4, -0.2) is 65.9 Å². The van der Waals surface area contributed by atoms with Crippen molar-refractivity contribution in [3.8, 4) is 21.8 Å². The topological polar surface area (TPSA) is 114 Å². The van der Waals surface area contributed by atoms with E-state index in [9.17, 15) is 8.42 Å². The summed E-state index contributed by atoms with van der Waals surface area (Å²) in [4.78, 5) is 25.1. The van der Waals surface area contributed by atoms with Gasteiger partial charge in [0, 0.05) is 65.5 Å². The van der Waals surface area contributed by atoms with Crippen LogP contribution < -0.4 is 4.90 Å².